The molecule has 20 heavy (non-hydrogen) atoms. The largest absolute Gasteiger partial charge is 0.396 e. The molecule has 0 aliphatic rings. The maximum atomic E-state index is 13.2. The maximum Gasteiger partial charge on any atom is 0.285 e. The zero-order valence-corrected chi connectivity index (χ0v) is 10.1. The number of carbonyl (C=O) groups is 1. The van der Waals surface area contributed by atoms with Gasteiger partial charge in [0.2, 0.25) is 0 Å². The first-order valence-electron chi connectivity index (χ1n) is 5.49. The van der Waals surface area contributed by atoms with Gasteiger partial charge in [0.1, 0.15) is 11.4 Å². The number of nitrogen functional groups attached to an aromatic ring is 1. The van der Waals surface area contributed by atoms with E-state index in [4.69, 9.17) is 5.73 Å². The van der Waals surface area contributed by atoms with Crippen LogP contribution in [0.1, 0.15) is 16.2 Å². The van der Waals surface area contributed by atoms with E-state index in [1.807, 2.05) is 0 Å². The Balaban J connectivity index is 2.24. The number of hydrogen-bond donors (Lipinski definition) is 3. The molecule has 0 aliphatic carbocycles. The molecule has 0 unspecified atom stereocenters. The van der Waals surface area contributed by atoms with Gasteiger partial charge in [-0.05, 0) is 6.07 Å². The molecule has 9 heteroatoms. The summed E-state index contributed by atoms with van der Waals surface area (Å²) in [5, 5.41) is 13.3. The number of H-pyrrole nitrogens is 1. The number of nitrogens with two attached hydrogens (primary N) is 1. The minimum absolute atomic E-state index is 0.0558. The Hall–Kier alpha value is -2.97. The number of nitrogens with one attached hydrogen (secondary N) is 2. The van der Waals surface area contributed by atoms with Crippen molar-refractivity contribution in [3.63, 3.8) is 0 Å². The summed E-state index contributed by atoms with van der Waals surface area (Å²) in [4.78, 5) is 28.5. The monoisotopic (exact) mass is 279 g/mol. The van der Waals surface area contributed by atoms with Crippen LogP contribution in [-0.2, 0) is 6.54 Å². The Morgan fingerprint density at radius 3 is 2.90 bits per heavy atom. The number of halogens is 1. The molecule has 104 valence electrons. The van der Waals surface area contributed by atoms with Gasteiger partial charge >= 0.3 is 0 Å². The predicted octanol–water partition coefficient (Wildman–Crippen LogP) is 0.969. The lowest BCUT2D eigenvalue weighted by molar-refractivity contribution is -0.385. The lowest BCUT2D eigenvalue weighted by Gasteiger charge is -2.06. The number of rotatable bonds is 4. The highest BCUT2D eigenvalue weighted by molar-refractivity contribution is 5.99. The van der Waals surface area contributed by atoms with E-state index in [2.05, 4.69) is 15.3 Å². The van der Waals surface area contributed by atoms with Gasteiger partial charge < -0.3 is 16.0 Å². The van der Waals surface area contributed by atoms with Gasteiger partial charge in [-0.25, -0.2) is 9.37 Å². The van der Waals surface area contributed by atoms with E-state index in [-0.39, 0.29) is 17.8 Å². The number of hydrogen-bond acceptors (Lipinski definition) is 5. The lowest BCUT2D eigenvalue weighted by atomic mass is 10.1. The summed E-state index contributed by atoms with van der Waals surface area (Å²) in [5.74, 6) is -1.20. The van der Waals surface area contributed by atoms with E-state index in [0.717, 1.165) is 6.07 Å². The molecule has 0 bridgehead atoms. The normalized spacial score (nSPS) is 10.2. The Morgan fingerprint density at radius 1 is 1.55 bits per heavy atom. The van der Waals surface area contributed by atoms with E-state index in [1.165, 1.54) is 6.20 Å². The molecule has 0 atom stereocenters. The summed E-state index contributed by atoms with van der Waals surface area (Å²) in [5.41, 5.74) is 4.04. The maximum absolute atomic E-state index is 13.2. The Morgan fingerprint density at radius 2 is 2.30 bits per heavy atom. The fourth-order valence-corrected chi connectivity index (χ4v) is 1.57. The Bertz CT molecular complexity index is 656. The molecule has 2 rings (SSSR count). The second-order valence-corrected chi connectivity index (χ2v) is 3.87. The number of carbonyl (C=O) groups excluding carboxylic acids is 1. The molecule has 1 heterocycles. The standard InChI is InChI=1S/C11H10FN5O3/c12-7-4-9(17(19)20)6(3-8(7)13)11(18)16-5-10-14-1-2-15-10/h1-4H,5,13H2,(H,14,15)(H,16,18). The first-order chi connectivity index (χ1) is 9.49. The van der Waals surface area contributed by atoms with Crippen LogP contribution in [0.15, 0.2) is 24.5 Å². The molecular weight excluding hydrogens is 269 g/mol. The highest BCUT2D eigenvalue weighted by atomic mass is 19.1. The van der Waals surface area contributed by atoms with Crippen LogP contribution in [0.5, 0.6) is 0 Å². The van der Waals surface area contributed by atoms with Gasteiger partial charge in [0, 0.05) is 12.4 Å². The van der Waals surface area contributed by atoms with Gasteiger partial charge in [0.25, 0.3) is 11.6 Å². The van der Waals surface area contributed by atoms with E-state index in [1.54, 1.807) is 6.20 Å². The Kier molecular flexibility index (Phi) is 3.60. The molecule has 0 spiro atoms. The van der Waals surface area contributed by atoms with Gasteiger partial charge in [-0.3, -0.25) is 14.9 Å². The lowest BCUT2D eigenvalue weighted by Crippen LogP contribution is -2.24. The average Bonchev–Trinajstić information content (AvgIpc) is 2.91. The van der Waals surface area contributed by atoms with Crippen molar-refractivity contribution < 1.29 is 14.1 Å². The quantitative estimate of drug-likeness (QED) is 0.436. The molecule has 0 saturated heterocycles. The number of nitro benzene ring substituents is 1. The Labute approximate surface area is 112 Å². The third-order valence-electron chi connectivity index (χ3n) is 2.53. The summed E-state index contributed by atoms with van der Waals surface area (Å²) in [6, 6.07) is 1.56. The second kappa shape index (κ2) is 5.34. The first-order valence-corrected chi connectivity index (χ1v) is 5.49. The van der Waals surface area contributed by atoms with Gasteiger partial charge in [-0.2, -0.15) is 0 Å². The van der Waals surface area contributed by atoms with Crippen LogP contribution in [0.4, 0.5) is 15.8 Å². The topological polar surface area (TPSA) is 127 Å². The van der Waals surface area contributed by atoms with Crippen LogP contribution in [-0.4, -0.2) is 20.8 Å². The van der Waals surface area contributed by atoms with Crippen molar-refractivity contribution in [1.29, 1.82) is 0 Å². The minimum atomic E-state index is -0.945. The third-order valence-corrected chi connectivity index (χ3v) is 2.53. The molecule has 0 saturated carbocycles. The van der Waals surface area contributed by atoms with E-state index in [0.29, 0.717) is 11.9 Å². The fourth-order valence-electron chi connectivity index (χ4n) is 1.57. The molecule has 0 fully saturated rings. The number of amides is 1. The van der Waals surface area contributed by atoms with Crippen molar-refractivity contribution in [2.24, 2.45) is 0 Å². The number of nitrogens with zero attached hydrogens (tertiary/aromatic N) is 2. The average molecular weight is 279 g/mol. The number of aromatic nitrogens is 2. The number of nitro groups is 1. The van der Waals surface area contributed by atoms with Gasteiger partial charge in [0.15, 0.2) is 5.82 Å². The second-order valence-electron chi connectivity index (χ2n) is 3.87. The smallest absolute Gasteiger partial charge is 0.285 e. The van der Waals surface area contributed by atoms with Crippen molar-refractivity contribution in [3.05, 3.63) is 51.8 Å². The SMILES string of the molecule is Nc1cc(C(=O)NCc2ncc[nH]2)c([N+](=O)[O-])cc1F. The van der Waals surface area contributed by atoms with E-state index in [9.17, 15) is 19.3 Å². The van der Waals surface area contributed by atoms with Gasteiger partial charge in [-0.15, -0.1) is 0 Å². The molecule has 4 N–H and O–H groups in total. The van der Waals surface area contributed by atoms with Crippen molar-refractivity contribution >= 4 is 17.3 Å². The first kappa shape index (κ1) is 13.5. The van der Waals surface area contributed by atoms with Crippen LogP contribution in [0.3, 0.4) is 0 Å². The zero-order valence-electron chi connectivity index (χ0n) is 10.1. The van der Waals surface area contributed by atoms with Crippen LogP contribution in [0.25, 0.3) is 0 Å². The van der Waals surface area contributed by atoms with Crippen LogP contribution in [0, 0.1) is 15.9 Å². The van der Waals surface area contributed by atoms with E-state index < -0.39 is 22.3 Å². The van der Waals surface area contributed by atoms with Crippen LogP contribution < -0.4 is 11.1 Å². The van der Waals surface area contributed by atoms with Crippen molar-refractivity contribution in [2.75, 3.05) is 5.73 Å². The van der Waals surface area contributed by atoms with Crippen molar-refractivity contribution in [1.82, 2.24) is 15.3 Å². The van der Waals surface area contributed by atoms with E-state index >= 15 is 0 Å². The number of anilines is 1. The molecule has 1 amide bonds. The predicted molar refractivity (Wildman–Crippen MR) is 67.2 cm³/mol. The summed E-state index contributed by atoms with van der Waals surface area (Å²) in [7, 11) is 0. The molecule has 1 aromatic heterocycles. The molecule has 8 nitrogen and oxygen atoms in total. The van der Waals surface area contributed by atoms with Gasteiger partial charge in [0.05, 0.1) is 23.2 Å². The third kappa shape index (κ3) is 2.71. The number of aromatic amines is 1. The zero-order chi connectivity index (χ0) is 14.7. The number of imidazole rings is 1. The van der Waals surface area contributed by atoms with Crippen LogP contribution in [0.2, 0.25) is 0 Å². The molecular formula is C11H10FN5O3. The van der Waals surface area contributed by atoms with Gasteiger partial charge in [-0.1, -0.05) is 0 Å². The number of benzene rings is 1. The molecule has 2 aromatic rings. The summed E-state index contributed by atoms with van der Waals surface area (Å²) >= 11 is 0. The fraction of sp³-hybridized carbons (Fsp3) is 0.0909. The molecule has 1 aromatic carbocycles. The van der Waals surface area contributed by atoms with Crippen LogP contribution >= 0.6 is 0 Å². The van der Waals surface area contributed by atoms with Crippen molar-refractivity contribution in [3.8, 4) is 0 Å². The summed E-state index contributed by atoms with van der Waals surface area (Å²) in [6.45, 7) is 0.0558. The summed E-state index contributed by atoms with van der Waals surface area (Å²) in [6.07, 6.45) is 3.07. The summed E-state index contributed by atoms with van der Waals surface area (Å²) < 4.78 is 13.2. The highest BCUT2D eigenvalue weighted by Gasteiger charge is 2.22. The van der Waals surface area contributed by atoms with Crippen molar-refractivity contribution in [2.45, 2.75) is 6.54 Å². The highest BCUT2D eigenvalue weighted by Crippen LogP contribution is 2.24. The molecule has 0 aliphatic heterocycles. The minimum Gasteiger partial charge on any atom is -0.396 e. The molecule has 0 radical (unpaired) electrons.